The second-order valence-corrected chi connectivity index (χ2v) is 5.50. The van der Waals surface area contributed by atoms with Gasteiger partial charge in [-0.25, -0.2) is 8.78 Å². The van der Waals surface area contributed by atoms with Crippen LogP contribution in [0.1, 0.15) is 23.6 Å². The minimum atomic E-state index is -0.718. The van der Waals surface area contributed by atoms with E-state index in [2.05, 4.69) is 0 Å². The van der Waals surface area contributed by atoms with Gasteiger partial charge in [0.25, 0.3) is 0 Å². The minimum Gasteiger partial charge on any atom is -0.451 e. The van der Waals surface area contributed by atoms with E-state index < -0.39 is 11.6 Å². The Morgan fingerprint density at radius 2 is 1.52 bits per heavy atom. The number of halogens is 2. The van der Waals surface area contributed by atoms with Gasteiger partial charge in [0.1, 0.15) is 5.75 Å². The van der Waals surface area contributed by atoms with E-state index in [0.717, 1.165) is 11.1 Å². The van der Waals surface area contributed by atoms with Gasteiger partial charge in [0.05, 0.1) is 0 Å². The van der Waals surface area contributed by atoms with E-state index in [-0.39, 0.29) is 11.8 Å². The molecule has 0 aliphatic rings. The fraction of sp³-hybridized carbons (Fsp3) is 0.294. The van der Waals surface area contributed by atoms with Crippen molar-refractivity contribution in [3.63, 3.8) is 0 Å². The SMILES string of the molecule is Cc1cc(C)cc(Oc2c(F)cc(CC(C)N)cc2F)c1. The number of hydrogen-bond acceptors (Lipinski definition) is 2. The predicted molar refractivity (Wildman–Crippen MR) is 79.7 cm³/mol. The van der Waals surface area contributed by atoms with Gasteiger partial charge in [-0.2, -0.15) is 0 Å². The molecule has 2 nitrogen and oxygen atoms in total. The Hall–Kier alpha value is -1.94. The highest BCUT2D eigenvalue weighted by atomic mass is 19.1. The number of hydrogen-bond donors (Lipinski definition) is 1. The molecule has 0 fully saturated rings. The van der Waals surface area contributed by atoms with Crippen LogP contribution in [0.3, 0.4) is 0 Å². The van der Waals surface area contributed by atoms with Crippen LogP contribution in [0.25, 0.3) is 0 Å². The molecule has 112 valence electrons. The van der Waals surface area contributed by atoms with Crippen LogP contribution >= 0.6 is 0 Å². The van der Waals surface area contributed by atoms with E-state index in [1.807, 2.05) is 19.9 Å². The highest BCUT2D eigenvalue weighted by molar-refractivity contribution is 5.39. The van der Waals surface area contributed by atoms with Crippen molar-refractivity contribution in [1.82, 2.24) is 0 Å². The molecule has 2 aromatic carbocycles. The first-order chi connectivity index (χ1) is 9.85. The van der Waals surface area contributed by atoms with E-state index >= 15 is 0 Å². The average molecular weight is 291 g/mol. The average Bonchev–Trinajstić information content (AvgIpc) is 2.31. The molecule has 0 amide bonds. The van der Waals surface area contributed by atoms with Crippen molar-refractivity contribution >= 4 is 0 Å². The first-order valence-corrected chi connectivity index (χ1v) is 6.85. The first kappa shape index (κ1) is 15.4. The maximum absolute atomic E-state index is 14.0. The first-order valence-electron chi connectivity index (χ1n) is 6.85. The maximum atomic E-state index is 14.0. The van der Waals surface area contributed by atoms with Crippen LogP contribution in [-0.4, -0.2) is 6.04 Å². The fourth-order valence-corrected chi connectivity index (χ4v) is 2.31. The zero-order valence-corrected chi connectivity index (χ0v) is 12.4. The fourth-order valence-electron chi connectivity index (χ4n) is 2.31. The van der Waals surface area contributed by atoms with Gasteiger partial charge in [0.2, 0.25) is 0 Å². The summed E-state index contributed by atoms with van der Waals surface area (Å²) in [5, 5.41) is 0. The quantitative estimate of drug-likeness (QED) is 0.913. The van der Waals surface area contributed by atoms with Gasteiger partial charge < -0.3 is 10.5 Å². The summed E-state index contributed by atoms with van der Waals surface area (Å²) in [6.07, 6.45) is 0.414. The Kier molecular flexibility index (Phi) is 4.58. The van der Waals surface area contributed by atoms with Crippen molar-refractivity contribution in [1.29, 1.82) is 0 Å². The highest BCUT2D eigenvalue weighted by Crippen LogP contribution is 2.30. The summed E-state index contributed by atoms with van der Waals surface area (Å²) in [5.41, 5.74) is 8.11. The molecule has 4 heteroatoms. The Labute approximate surface area is 123 Å². The summed E-state index contributed by atoms with van der Waals surface area (Å²) in [6, 6.07) is 7.82. The standard InChI is InChI=1S/C17H19F2NO/c1-10-4-11(2)6-14(5-10)21-17-15(18)8-13(7-12(3)20)9-16(17)19/h4-6,8-9,12H,7,20H2,1-3H3. The van der Waals surface area contributed by atoms with E-state index in [4.69, 9.17) is 10.5 Å². The third-order valence-corrected chi connectivity index (χ3v) is 3.03. The van der Waals surface area contributed by atoms with Crippen molar-refractivity contribution in [3.8, 4) is 11.5 Å². The van der Waals surface area contributed by atoms with Gasteiger partial charge in [-0.15, -0.1) is 0 Å². The molecule has 0 bridgehead atoms. The normalized spacial score (nSPS) is 12.3. The molecule has 2 aromatic rings. The van der Waals surface area contributed by atoms with Crippen molar-refractivity contribution in [2.75, 3.05) is 0 Å². The number of aryl methyl sites for hydroxylation is 2. The molecule has 0 spiro atoms. The van der Waals surface area contributed by atoms with Crippen LogP contribution in [0.15, 0.2) is 30.3 Å². The van der Waals surface area contributed by atoms with Gasteiger partial charge in [0.15, 0.2) is 17.4 Å². The summed E-state index contributed by atoms with van der Waals surface area (Å²) >= 11 is 0. The molecule has 0 saturated carbocycles. The molecule has 2 rings (SSSR count). The smallest absolute Gasteiger partial charge is 0.198 e. The zero-order chi connectivity index (χ0) is 15.6. The van der Waals surface area contributed by atoms with Crippen LogP contribution in [0.5, 0.6) is 11.5 Å². The molecule has 0 aromatic heterocycles. The molecule has 0 aliphatic heterocycles. The van der Waals surface area contributed by atoms with Crippen LogP contribution < -0.4 is 10.5 Å². The maximum Gasteiger partial charge on any atom is 0.198 e. The number of ether oxygens (including phenoxy) is 1. The predicted octanol–water partition coefficient (Wildman–Crippen LogP) is 4.26. The molecular formula is C17H19F2NO. The highest BCUT2D eigenvalue weighted by Gasteiger charge is 2.14. The molecule has 0 heterocycles. The van der Waals surface area contributed by atoms with Gasteiger partial charge in [-0.1, -0.05) is 6.07 Å². The lowest BCUT2D eigenvalue weighted by atomic mass is 10.1. The van der Waals surface area contributed by atoms with Crippen molar-refractivity contribution in [2.24, 2.45) is 5.73 Å². The van der Waals surface area contributed by atoms with Crippen molar-refractivity contribution < 1.29 is 13.5 Å². The molecule has 1 unspecified atom stereocenters. The Balaban J connectivity index is 2.31. The summed E-state index contributed by atoms with van der Waals surface area (Å²) < 4.78 is 33.5. The van der Waals surface area contributed by atoms with E-state index in [1.54, 1.807) is 19.1 Å². The van der Waals surface area contributed by atoms with Gasteiger partial charge in [-0.05, 0) is 68.1 Å². The van der Waals surface area contributed by atoms with Crippen LogP contribution in [0, 0.1) is 25.5 Å². The molecule has 0 saturated heterocycles. The van der Waals surface area contributed by atoms with E-state index in [9.17, 15) is 8.78 Å². The lowest BCUT2D eigenvalue weighted by Crippen LogP contribution is -2.18. The van der Waals surface area contributed by atoms with Gasteiger partial charge >= 0.3 is 0 Å². The topological polar surface area (TPSA) is 35.2 Å². The van der Waals surface area contributed by atoms with Gasteiger partial charge in [0, 0.05) is 6.04 Å². The summed E-state index contributed by atoms with van der Waals surface area (Å²) in [7, 11) is 0. The van der Waals surface area contributed by atoms with E-state index in [1.165, 1.54) is 12.1 Å². The number of benzene rings is 2. The van der Waals surface area contributed by atoms with Crippen LogP contribution in [0.2, 0.25) is 0 Å². The van der Waals surface area contributed by atoms with Crippen molar-refractivity contribution in [2.45, 2.75) is 33.2 Å². The second-order valence-electron chi connectivity index (χ2n) is 5.50. The summed E-state index contributed by atoms with van der Waals surface area (Å²) in [6.45, 7) is 5.59. The molecule has 0 aliphatic carbocycles. The lowest BCUT2D eigenvalue weighted by molar-refractivity contribution is 0.406. The van der Waals surface area contributed by atoms with Crippen LogP contribution in [0.4, 0.5) is 8.78 Å². The molecule has 0 radical (unpaired) electrons. The molecule has 2 N–H and O–H groups in total. The third-order valence-electron chi connectivity index (χ3n) is 3.03. The largest absolute Gasteiger partial charge is 0.451 e. The number of rotatable bonds is 4. The third kappa shape index (κ3) is 4.02. The number of nitrogens with two attached hydrogens (primary N) is 1. The Bertz CT molecular complexity index is 610. The van der Waals surface area contributed by atoms with E-state index in [0.29, 0.717) is 17.7 Å². The Morgan fingerprint density at radius 3 is 2.00 bits per heavy atom. The molecular weight excluding hydrogens is 272 g/mol. The Morgan fingerprint density at radius 1 is 1.00 bits per heavy atom. The second kappa shape index (κ2) is 6.22. The summed E-state index contributed by atoms with van der Waals surface area (Å²) in [5.74, 6) is -1.40. The molecule has 21 heavy (non-hydrogen) atoms. The van der Waals surface area contributed by atoms with Crippen molar-refractivity contribution in [3.05, 3.63) is 58.7 Å². The minimum absolute atomic E-state index is 0.157. The molecule has 1 atom stereocenters. The monoisotopic (exact) mass is 291 g/mol. The van der Waals surface area contributed by atoms with Gasteiger partial charge in [-0.3, -0.25) is 0 Å². The zero-order valence-electron chi connectivity index (χ0n) is 12.4. The lowest BCUT2D eigenvalue weighted by Gasteiger charge is -2.12. The summed E-state index contributed by atoms with van der Waals surface area (Å²) in [4.78, 5) is 0. The van der Waals surface area contributed by atoms with Crippen LogP contribution in [-0.2, 0) is 6.42 Å².